The Morgan fingerprint density at radius 3 is 2.34 bits per heavy atom. The Kier molecular flexibility index (Phi) is 6.63. The molecule has 0 aliphatic rings. The van der Waals surface area contributed by atoms with E-state index in [4.69, 9.17) is 23.2 Å². The molecule has 0 spiro atoms. The Balaban J connectivity index is 2.12. The normalized spacial score (nSPS) is 10.9. The zero-order valence-corrected chi connectivity index (χ0v) is 18.2. The fraction of sp³-hybridized carbons (Fsp3) is 0.182. The minimum Gasteiger partial charge on any atom is -0.477 e. The number of carboxylic acid groups (broad SMARTS) is 1. The Morgan fingerprint density at radius 2 is 1.76 bits per heavy atom. The van der Waals surface area contributed by atoms with Crippen LogP contribution in [0.1, 0.15) is 33.9 Å². The monoisotopic (exact) mass is 447 g/mol. The van der Waals surface area contributed by atoms with E-state index in [1.54, 1.807) is 18.2 Å². The number of nitrogens with zero attached hydrogens (tertiary/aromatic N) is 1. The van der Waals surface area contributed by atoms with Crippen LogP contribution in [0.4, 0.5) is 5.69 Å². The summed E-state index contributed by atoms with van der Waals surface area (Å²) in [5.74, 6) is -1.32. The number of anilines is 1. The highest BCUT2D eigenvalue weighted by Crippen LogP contribution is 2.38. The zero-order valence-electron chi connectivity index (χ0n) is 15.9. The summed E-state index contributed by atoms with van der Waals surface area (Å²) in [6.07, 6.45) is 0. The molecule has 1 amide bonds. The number of benzene rings is 2. The molecule has 1 aromatic heterocycles. The van der Waals surface area contributed by atoms with E-state index in [1.807, 2.05) is 44.2 Å². The molecule has 4 nitrogen and oxygen atoms in total. The van der Waals surface area contributed by atoms with Gasteiger partial charge in [-0.2, -0.15) is 0 Å². The predicted octanol–water partition coefficient (Wildman–Crippen LogP) is 6.72. The summed E-state index contributed by atoms with van der Waals surface area (Å²) in [4.78, 5) is 27.7. The van der Waals surface area contributed by atoms with Gasteiger partial charge in [0.05, 0.1) is 16.3 Å². The quantitative estimate of drug-likeness (QED) is 0.455. The fourth-order valence-corrected chi connectivity index (χ4v) is 4.44. The molecule has 0 radical (unpaired) electrons. The number of carbonyl (C=O) groups excluding carboxylic acids is 1. The van der Waals surface area contributed by atoms with Crippen LogP contribution in [0.25, 0.3) is 10.4 Å². The van der Waals surface area contributed by atoms with Crippen LogP contribution in [-0.4, -0.2) is 23.5 Å². The first-order valence-electron chi connectivity index (χ1n) is 8.97. The lowest BCUT2D eigenvalue weighted by Gasteiger charge is -2.25. The molecule has 1 N–H and O–H groups in total. The molecule has 3 rings (SSSR count). The lowest BCUT2D eigenvalue weighted by atomic mass is 10.1. The van der Waals surface area contributed by atoms with Crippen molar-refractivity contribution in [3.05, 3.63) is 75.1 Å². The number of rotatable bonds is 6. The van der Waals surface area contributed by atoms with Gasteiger partial charge in [0.25, 0.3) is 5.91 Å². The molecule has 2 aromatic carbocycles. The maximum Gasteiger partial charge on any atom is 0.348 e. The number of hydrogen-bond donors (Lipinski definition) is 1. The maximum atomic E-state index is 13.3. The fourth-order valence-electron chi connectivity index (χ4n) is 2.94. The molecule has 150 valence electrons. The number of amides is 1. The van der Waals surface area contributed by atoms with Crippen LogP contribution in [-0.2, 0) is 0 Å². The summed E-state index contributed by atoms with van der Waals surface area (Å²) in [6.45, 7) is 4.28. The highest BCUT2D eigenvalue weighted by molar-refractivity contribution is 7.18. The number of thiophene rings is 1. The van der Waals surface area contributed by atoms with Crippen molar-refractivity contribution in [2.45, 2.75) is 13.8 Å². The molecule has 29 heavy (non-hydrogen) atoms. The Bertz CT molecular complexity index is 1050. The molecule has 0 aliphatic carbocycles. The summed E-state index contributed by atoms with van der Waals surface area (Å²) < 4.78 is 0. The Labute approximate surface area is 183 Å². The topological polar surface area (TPSA) is 57.6 Å². The van der Waals surface area contributed by atoms with Gasteiger partial charge in [-0.15, -0.1) is 11.3 Å². The van der Waals surface area contributed by atoms with E-state index in [1.165, 1.54) is 11.0 Å². The zero-order chi connectivity index (χ0) is 21.1. The van der Waals surface area contributed by atoms with Crippen molar-refractivity contribution < 1.29 is 14.7 Å². The van der Waals surface area contributed by atoms with Gasteiger partial charge in [-0.05, 0) is 35.7 Å². The van der Waals surface area contributed by atoms with Crippen molar-refractivity contribution in [3.63, 3.8) is 0 Å². The molecule has 0 saturated heterocycles. The van der Waals surface area contributed by atoms with E-state index in [0.717, 1.165) is 21.8 Å². The van der Waals surface area contributed by atoms with E-state index in [-0.39, 0.29) is 27.3 Å². The van der Waals surface area contributed by atoms with E-state index in [9.17, 15) is 14.7 Å². The second-order valence-electron chi connectivity index (χ2n) is 6.93. The molecule has 0 aliphatic heterocycles. The summed E-state index contributed by atoms with van der Waals surface area (Å²) >= 11 is 13.4. The molecule has 0 atom stereocenters. The second kappa shape index (κ2) is 8.99. The van der Waals surface area contributed by atoms with E-state index >= 15 is 0 Å². The number of hydrogen-bond acceptors (Lipinski definition) is 3. The van der Waals surface area contributed by atoms with Crippen molar-refractivity contribution >= 4 is 52.1 Å². The number of carbonyl (C=O) groups is 2. The van der Waals surface area contributed by atoms with Gasteiger partial charge >= 0.3 is 5.97 Å². The Hall–Kier alpha value is -2.34. The van der Waals surface area contributed by atoms with E-state index in [0.29, 0.717) is 17.3 Å². The van der Waals surface area contributed by atoms with Crippen LogP contribution in [0.15, 0.2) is 54.6 Å². The molecule has 0 saturated carbocycles. The summed E-state index contributed by atoms with van der Waals surface area (Å²) in [6, 6.07) is 15.9. The SMILES string of the molecule is CC(C)CN(C(=O)c1ccc(Cl)cc1Cl)c1cc(-c2ccccc2)sc1C(=O)O. The number of aromatic carboxylic acids is 1. The van der Waals surface area contributed by atoms with Crippen LogP contribution >= 0.6 is 34.5 Å². The second-order valence-corrected chi connectivity index (χ2v) is 8.83. The van der Waals surface area contributed by atoms with Gasteiger partial charge in [0.2, 0.25) is 0 Å². The van der Waals surface area contributed by atoms with Gasteiger partial charge in [0.15, 0.2) is 0 Å². The van der Waals surface area contributed by atoms with Crippen LogP contribution in [0, 0.1) is 5.92 Å². The molecular weight excluding hydrogens is 429 g/mol. The molecule has 1 heterocycles. The summed E-state index contributed by atoms with van der Waals surface area (Å²) in [5.41, 5.74) is 1.54. The van der Waals surface area contributed by atoms with Gasteiger partial charge in [-0.25, -0.2) is 4.79 Å². The largest absolute Gasteiger partial charge is 0.477 e. The summed E-state index contributed by atoms with van der Waals surface area (Å²) in [5, 5.41) is 10.4. The average Bonchev–Trinajstić information content (AvgIpc) is 3.12. The minimum absolute atomic E-state index is 0.114. The molecule has 0 unspecified atom stereocenters. The van der Waals surface area contributed by atoms with Gasteiger partial charge < -0.3 is 10.0 Å². The first-order chi connectivity index (χ1) is 13.8. The molecule has 7 heteroatoms. The lowest BCUT2D eigenvalue weighted by Crippen LogP contribution is -2.35. The Morgan fingerprint density at radius 1 is 1.07 bits per heavy atom. The van der Waals surface area contributed by atoms with Gasteiger partial charge in [0, 0.05) is 16.4 Å². The highest BCUT2D eigenvalue weighted by atomic mass is 35.5. The molecular formula is C22H19Cl2NO3S. The van der Waals surface area contributed by atoms with Crippen molar-refractivity contribution in [2.24, 2.45) is 5.92 Å². The molecule has 0 bridgehead atoms. The van der Waals surface area contributed by atoms with Crippen LogP contribution in [0.3, 0.4) is 0 Å². The van der Waals surface area contributed by atoms with Crippen LogP contribution < -0.4 is 4.90 Å². The number of halogens is 2. The van der Waals surface area contributed by atoms with Crippen molar-refractivity contribution in [1.29, 1.82) is 0 Å². The van der Waals surface area contributed by atoms with Gasteiger partial charge in [0.1, 0.15) is 4.88 Å². The van der Waals surface area contributed by atoms with Crippen LogP contribution in [0.2, 0.25) is 10.0 Å². The molecule has 0 fully saturated rings. The van der Waals surface area contributed by atoms with Gasteiger partial charge in [-0.3, -0.25) is 4.79 Å². The number of carboxylic acids is 1. The smallest absolute Gasteiger partial charge is 0.348 e. The third-order valence-electron chi connectivity index (χ3n) is 4.21. The third kappa shape index (κ3) is 4.81. The van der Waals surface area contributed by atoms with E-state index < -0.39 is 5.97 Å². The standard InChI is InChI=1S/C22H19Cl2NO3S/c1-13(2)12-25(21(26)16-9-8-15(23)10-17(16)24)18-11-19(29-20(18)22(27)28)14-6-4-3-5-7-14/h3-11,13H,12H2,1-2H3,(H,27,28). The average molecular weight is 448 g/mol. The predicted molar refractivity (Wildman–Crippen MR) is 120 cm³/mol. The van der Waals surface area contributed by atoms with Crippen molar-refractivity contribution in [2.75, 3.05) is 11.4 Å². The minimum atomic E-state index is -1.07. The molecule has 3 aromatic rings. The summed E-state index contributed by atoms with van der Waals surface area (Å²) in [7, 11) is 0. The van der Waals surface area contributed by atoms with E-state index in [2.05, 4.69) is 0 Å². The van der Waals surface area contributed by atoms with Crippen molar-refractivity contribution in [3.8, 4) is 10.4 Å². The third-order valence-corrected chi connectivity index (χ3v) is 5.92. The maximum absolute atomic E-state index is 13.3. The van der Waals surface area contributed by atoms with Gasteiger partial charge in [-0.1, -0.05) is 67.4 Å². The highest BCUT2D eigenvalue weighted by Gasteiger charge is 2.28. The first kappa shape index (κ1) is 21.4. The van der Waals surface area contributed by atoms with Crippen molar-refractivity contribution in [1.82, 2.24) is 0 Å². The van der Waals surface area contributed by atoms with Crippen LogP contribution in [0.5, 0.6) is 0 Å². The first-order valence-corrected chi connectivity index (χ1v) is 10.5. The lowest BCUT2D eigenvalue weighted by molar-refractivity contribution is 0.0703.